The SMILES string of the molecule is CCCCC/C=[C]\c1cccc2ccccc12. The summed E-state index contributed by atoms with van der Waals surface area (Å²) in [5.74, 6) is 0. The predicted octanol–water partition coefficient (Wildman–Crippen LogP) is 5.13. The number of unbranched alkanes of at least 4 members (excludes halogenated alkanes) is 3. The van der Waals surface area contributed by atoms with Crippen LogP contribution in [0.15, 0.2) is 48.5 Å². The van der Waals surface area contributed by atoms with Crippen LogP contribution in [0.1, 0.15) is 38.2 Å². The second-order valence-corrected chi connectivity index (χ2v) is 4.37. The highest BCUT2D eigenvalue weighted by atomic mass is 14.0. The van der Waals surface area contributed by atoms with E-state index in [4.69, 9.17) is 0 Å². The molecule has 0 aromatic heterocycles. The molecule has 1 radical (unpaired) electrons. The number of allylic oxidation sites excluding steroid dienone is 1. The monoisotopic (exact) mass is 223 g/mol. The Morgan fingerprint density at radius 2 is 1.82 bits per heavy atom. The maximum Gasteiger partial charge on any atom is -0.0102 e. The van der Waals surface area contributed by atoms with E-state index in [9.17, 15) is 0 Å². The van der Waals surface area contributed by atoms with Crippen LogP contribution in [0.3, 0.4) is 0 Å². The lowest BCUT2D eigenvalue weighted by atomic mass is 10.0. The average Bonchev–Trinajstić information content (AvgIpc) is 2.39. The molecular weight excluding hydrogens is 204 g/mol. The average molecular weight is 223 g/mol. The fourth-order valence-electron chi connectivity index (χ4n) is 2.03. The quantitative estimate of drug-likeness (QED) is 0.616. The highest BCUT2D eigenvalue weighted by Gasteiger charge is 1.96. The van der Waals surface area contributed by atoms with Gasteiger partial charge in [-0.25, -0.2) is 0 Å². The zero-order chi connectivity index (χ0) is 11.9. The fourth-order valence-corrected chi connectivity index (χ4v) is 2.03. The lowest BCUT2D eigenvalue weighted by Crippen LogP contribution is -1.79. The third-order valence-corrected chi connectivity index (χ3v) is 3.00. The van der Waals surface area contributed by atoms with Crippen LogP contribution in [-0.4, -0.2) is 0 Å². The van der Waals surface area contributed by atoms with Gasteiger partial charge < -0.3 is 0 Å². The Labute approximate surface area is 104 Å². The number of hydrogen-bond acceptors (Lipinski definition) is 0. The Morgan fingerprint density at radius 3 is 2.71 bits per heavy atom. The second kappa shape index (κ2) is 6.24. The Hall–Kier alpha value is -1.56. The Kier molecular flexibility index (Phi) is 4.37. The molecular formula is C17H19. The number of fused-ring (bicyclic) bond motifs is 1. The summed E-state index contributed by atoms with van der Waals surface area (Å²) in [7, 11) is 0. The maximum atomic E-state index is 3.42. The minimum absolute atomic E-state index is 1.14. The zero-order valence-electron chi connectivity index (χ0n) is 10.4. The molecule has 17 heavy (non-hydrogen) atoms. The van der Waals surface area contributed by atoms with Crippen LogP contribution < -0.4 is 0 Å². The predicted molar refractivity (Wildman–Crippen MR) is 75.0 cm³/mol. The largest absolute Gasteiger partial charge is 0.0760 e. The molecule has 0 bridgehead atoms. The van der Waals surface area contributed by atoms with Gasteiger partial charge in [-0.15, -0.1) is 0 Å². The van der Waals surface area contributed by atoms with Crippen LogP contribution in [0.25, 0.3) is 10.8 Å². The topological polar surface area (TPSA) is 0 Å². The summed E-state index contributed by atoms with van der Waals surface area (Å²) in [5.41, 5.74) is 1.21. The van der Waals surface area contributed by atoms with E-state index in [1.54, 1.807) is 0 Å². The lowest BCUT2D eigenvalue weighted by Gasteiger charge is -2.01. The summed E-state index contributed by atoms with van der Waals surface area (Å²) < 4.78 is 0. The van der Waals surface area contributed by atoms with Gasteiger partial charge in [-0.05, 0) is 35.3 Å². The summed E-state index contributed by atoms with van der Waals surface area (Å²) in [6.07, 6.45) is 10.6. The van der Waals surface area contributed by atoms with Crippen LogP contribution in [0.4, 0.5) is 0 Å². The lowest BCUT2D eigenvalue weighted by molar-refractivity contribution is 0.728. The molecule has 0 spiro atoms. The third kappa shape index (κ3) is 3.20. The van der Waals surface area contributed by atoms with E-state index in [2.05, 4.69) is 61.5 Å². The third-order valence-electron chi connectivity index (χ3n) is 3.00. The van der Waals surface area contributed by atoms with E-state index in [0.717, 1.165) is 6.42 Å². The number of benzene rings is 2. The molecule has 0 nitrogen and oxygen atoms in total. The van der Waals surface area contributed by atoms with Crippen molar-refractivity contribution in [3.63, 3.8) is 0 Å². The fraction of sp³-hybridized carbons (Fsp3) is 0.294. The summed E-state index contributed by atoms with van der Waals surface area (Å²) >= 11 is 0. The minimum atomic E-state index is 1.14. The van der Waals surface area contributed by atoms with Gasteiger partial charge in [0.2, 0.25) is 0 Å². The van der Waals surface area contributed by atoms with E-state index in [-0.39, 0.29) is 0 Å². The van der Waals surface area contributed by atoms with Crippen molar-refractivity contribution < 1.29 is 0 Å². The van der Waals surface area contributed by atoms with Crippen LogP contribution in [0.5, 0.6) is 0 Å². The van der Waals surface area contributed by atoms with E-state index in [1.807, 2.05) is 0 Å². The molecule has 0 atom stereocenters. The Morgan fingerprint density at radius 1 is 1.00 bits per heavy atom. The molecule has 0 heterocycles. The van der Waals surface area contributed by atoms with Gasteiger partial charge in [0.25, 0.3) is 0 Å². The first-order valence-electron chi connectivity index (χ1n) is 6.48. The van der Waals surface area contributed by atoms with Crippen LogP contribution in [-0.2, 0) is 0 Å². The van der Waals surface area contributed by atoms with Gasteiger partial charge in [-0.3, -0.25) is 0 Å². The molecule has 0 heteroatoms. The van der Waals surface area contributed by atoms with Gasteiger partial charge in [-0.1, -0.05) is 68.3 Å². The molecule has 0 unspecified atom stereocenters. The van der Waals surface area contributed by atoms with Crippen molar-refractivity contribution >= 4 is 10.8 Å². The first kappa shape index (κ1) is 11.9. The van der Waals surface area contributed by atoms with Gasteiger partial charge in [-0.2, -0.15) is 0 Å². The summed E-state index contributed by atoms with van der Waals surface area (Å²) in [5, 5.41) is 2.58. The van der Waals surface area contributed by atoms with Crippen LogP contribution >= 0.6 is 0 Å². The standard InChI is InChI=1S/C17H19/c1-2-3-4-5-6-10-15-12-9-13-16-11-7-8-14-17(15)16/h6-9,11-14H,2-5H2,1H3. The van der Waals surface area contributed by atoms with E-state index in [1.165, 1.54) is 35.6 Å². The van der Waals surface area contributed by atoms with E-state index >= 15 is 0 Å². The summed E-state index contributed by atoms with van der Waals surface area (Å²) in [6.45, 7) is 2.23. The van der Waals surface area contributed by atoms with Gasteiger partial charge in [0.05, 0.1) is 0 Å². The van der Waals surface area contributed by atoms with Gasteiger partial charge >= 0.3 is 0 Å². The van der Waals surface area contributed by atoms with Crippen molar-refractivity contribution in [1.29, 1.82) is 0 Å². The molecule has 0 saturated carbocycles. The maximum absolute atomic E-state index is 3.42. The highest BCUT2D eigenvalue weighted by molar-refractivity contribution is 5.86. The molecule has 0 fully saturated rings. The molecule has 0 aliphatic carbocycles. The number of rotatable bonds is 5. The Balaban J connectivity index is 2.13. The van der Waals surface area contributed by atoms with Crippen molar-refractivity contribution in [2.45, 2.75) is 32.6 Å². The van der Waals surface area contributed by atoms with Crippen LogP contribution in [0.2, 0.25) is 0 Å². The number of hydrogen-bond donors (Lipinski definition) is 0. The van der Waals surface area contributed by atoms with Gasteiger partial charge in [0.15, 0.2) is 0 Å². The van der Waals surface area contributed by atoms with Crippen molar-refractivity contribution in [2.24, 2.45) is 0 Å². The smallest absolute Gasteiger partial charge is 0.0102 e. The van der Waals surface area contributed by atoms with Crippen molar-refractivity contribution in [2.75, 3.05) is 0 Å². The molecule has 2 aromatic rings. The molecule has 0 aliphatic heterocycles. The molecule has 0 aliphatic rings. The van der Waals surface area contributed by atoms with Crippen molar-refractivity contribution in [1.82, 2.24) is 0 Å². The molecule has 87 valence electrons. The highest BCUT2D eigenvalue weighted by Crippen LogP contribution is 2.18. The Bertz CT molecular complexity index is 489. The minimum Gasteiger partial charge on any atom is -0.0760 e. The zero-order valence-corrected chi connectivity index (χ0v) is 10.4. The summed E-state index contributed by atoms with van der Waals surface area (Å²) in [4.78, 5) is 0. The normalized spacial score (nSPS) is 11.4. The first-order chi connectivity index (χ1) is 8.42. The van der Waals surface area contributed by atoms with E-state index < -0.39 is 0 Å². The van der Waals surface area contributed by atoms with Gasteiger partial charge in [0, 0.05) is 0 Å². The molecule has 2 rings (SSSR count). The van der Waals surface area contributed by atoms with Gasteiger partial charge in [0.1, 0.15) is 0 Å². The molecule has 0 amide bonds. The molecule has 0 saturated heterocycles. The second-order valence-electron chi connectivity index (χ2n) is 4.37. The van der Waals surface area contributed by atoms with Crippen LogP contribution in [0, 0.1) is 6.08 Å². The van der Waals surface area contributed by atoms with E-state index in [0.29, 0.717) is 0 Å². The van der Waals surface area contributed by atoms with Crippen molar-refractivity contribution in [3.05, 3.63) is 60.2 Å². The molecule has 2 aromatic carbocycles. The first-order valence-corrected chi connectivity index (χ1v) is 6.48. The van der Waals surface area contributed by atoms with Crippen molar-refractivity contribution in [3.8, 4) is 0 Å². The molecule has 0 N–H and O–H groups in total. The summed E-state index contributed by atoms with van der Waals surface area (Å²) in [6, 6.07) is 14.9.